The van der Waals surface area contributed by atoms with Gasteiger partial charge in [-0.25, -0.2) is 4.98 Å². The van der Waals surface area contributed by atoms with Crippen molar-refractivity contribution in [2.24, 2.45) is 0 Å². The first-order valence-electron chi connectivity index (χ1n) is 7.94. The average molecular weight is 406 g/mol. The second-order valence-electron chi connectivity index (χ2n) is 5.61. The van der Waals surface area contributed by atoms with Crippen molar-refractivity contribution in [3.8, 4) is 23.0 Å². The minimum absolute atomic E-state index is 0.0981. The summed E-state index contributed by atoms with van der Waals surface area (Å²) in [5, 5.41) is 11.4. The molecule has 0 atom stereocenters. The quantitative estimate of drug-likeness (QED) is 0.611. The first kappa shape index (κ1) is 19.1. The molecule has 0 saturated heterocycles. The van der Waals surface area contributed by atoms with Crippen molar-refractivity contribution in [1.82, 2.24) is 4.98 Å². The molecule has 7 heteroatoms. The molecule has 0 fully saturated rings. The van der Waals surface area contributed by atoms with Gasteiger partial charge in [-0.2, -0.15) is 0 Å². The van der Waals surface area contributed by atoms with E-state index in [0.717, 1.165) is 5.56 Å². The average Bonchev–Trinajstić information content (AvgIpc) is 2.69. The maximum atomic E-state index is 10.2. The molecule has 0 spiro atoms. The zero-order chi connectivity index (χ0) is 19.6. The van der Waals surface area contributed by atoms with Gasteiger partial charge in [-0.05, 0) is 42.0 Å². The van der Waals surface area contributed by atoms with E-state index in [9.17, 15) is 5.11 Å². The Hall–Kier alpha value is -2.63. The van der Waals surface area contributed by atoms with E-state index >= 15 is 0 Å². The molecule has 1 aromatic heterocycles. The van der Waals surface area contributed by atoms with Crippen molar-refractivity contribution in [1.29, 1.82) is 0 Å². The number of nitrogens with zero attached hydrogens (tertiary/aromatic N) is 1. The second-order valence-corrected chi connectivity index (χ2v) is 6.43. The maximum absolute atomic E-state index is 10.2. The second kappa shape index (κ2) is 7.94. The molecule has 0 radical (unpaired) electrons. The van der Waals surface area contributed by atoms with Gasteiger partial charge in [0.15, 0.2) is 17.2 Å². The van der Waals surface area contributed by atoms with E-state index in [-0.39, 0.29) is 10.8 Å². The summed E-state index contributed by atoms with van der Waals surface area (Å²) in [7, 11) is 4.68. The fraction of sp³-hybridized carbons (Fsp3) is 0.150. The van der Waals surface area contributed by atoms with Crippen LogP contribution in [0.3, 0.4) is 0 Å². The number of phenols is 1. The number of methoxy groups -OCH3 is 3. The van der Waals surface area contributed by atoms with E-state index < -0.39 is 0 Å². The zero-order valence-corrected chi connectivity index (χ0v) is 16.4. The Morgan fingerprint density at radius 3 is 2.15 bits per heavy atom. The van der Waals surface area contributed by atoms with Gasteiger partial charge in [0.05, 0.1) is 37.1 Å². The fourth-order valence-electron chi connectivity index (χ4n) is 2.69. The number of phenolic OH excluding ortho intramolecular Hbond substituents is 1. The summed E-state index contributed by atoms with van der Waals surface area (Å²) in [4.78, 5) is 4.44. The minimum atomic E-state index is -0.0981. The SMILES string of the molecule is COc1cc(/C=C/c2ccc3c(Cl)cc(Cl)c(O)c3n2)cc(OC)c1OC. The predicted octanol–water partition coefficient (Wildman–Crippen LogP) is 5.44. The highest BCUT2D eigenvalue weighted by Crippen LogP contribution is 2.39. The monoisotopic (exact) mass is 405 g/mol. The lowest BCUT2D eigenvalue weighted by Gasteiger charge is -2.12. The molecule has 5 nitrogen and oxygen atoms in total. The molecule has 1 N–H and O–H groups in total. The molecular weight excluding hydrogens is 389 g/mol. The Kier molecular flexibility index (Phi) is 5.63. The van der Waals surface area contributed by atoms with Crippen LogP contribution in [0.2, 0.25) is 10.0 Å². The van der Waals surface area contributed by atoms with Crippen LogP contribution in [-0.4, -0.2) is 31.4 Å². The highest BCUT2D eigenvalue weighted by atomic mass is 35.5. The summed E-state index contributed by atoms with van der Waals surface area (Å²) in [6, 6.07) is 8.73. The van der Waals surface area contributed by atoms with Crippen LogP contribution >= 0.6 is 23.2 Å². The predicted molar refractivity (Wildman–Crippen MR) is 108 cm³/mol. The molecule has 0 aliphatic heterocycles. The minimum Gasteiger partial charge on any atom is -0.504 e. The summed E-state index contributed by atoms with van der Waals surface area (Å²) >= 11 is 12.1. The topological polar surface area (TPSA) is 60.8 Å². The van der Waals surface area contributed by atoms with Crippen molar-refractivity contribution < 1.29 is 19.3 Å². The van der Waals surface area contributed by atoms with Crippen molar-refractivity contribution in [3.05, 3.63) is 51.6 Å². The lowest BCUT2D eigenvalue weighted by Crippen LogP contribution is -1.95. The number of hydrogen-bond donors (Lipinski definition) is 1. The van der Waals surface area contributed by atoms with Gasteiger partial charge in [-0.1, -0.05) is 29.3 Å². The van der Waals surface area contributed by atoms with E-state index in [1.807, 2.05) is 18.2 Å². The van der Waals surface area contributed by atoms with Crippen LogP contribution in [0, 0.1) is 0 Å². The summed E-state index contributed by atoms with van der Waals surface area (Å²) in [5.74, 6) is 1.53. The molecule has 3 aromatic rings. The van der Waals surface area contributed by atoms with Gasteiger partial charge < -0.3 is 19.3 Å². The van der Waals surface area contributed by atoms with Gasteiger partial charge in [-0.15, -0.1) is 0 Å². The Bertz CT molecular complexity index is 1010. The third-order valence-electron chi connectivity index (χ3n) is 4.01. The summed E-state index contributed by atoms with van der Waals surface area (Å²) in [5.41, 5.74) is 1.81. The number of benzene rings is 2. The number of rotatable bonds is 5. The number of fused-ring (bicyclic) bond motifs is 1. The molecule has 1 heterocycles. The molecule has 0 aliphatic rings. The van der Waals surface area contributed by atoms with E-state index in [4.69, 9.17) is 37.4 Å². The molecule has 0 unspecified atom stereocenters. The van der Waals surface area contributed by atoms with Gasteiger partial charge in [-0.3, -0.25) is 0 Å². The molecule has 0 saturated carbocycles. The van der Waals surface area contributed by atoms with E-state index in [0.29, 0.717) is 38.9 Å². The third kappa shape index (κ3) is 3.75. The first-order chi connectivity index (χ1) is 13.0. The van der Waals surface area contributed by atoms with Gasteiger partial charge in [0.2, 0.25) is 5.75 Å². The lowest BCUT2D eigenvalue weighted by atomic mass is 10.1. The standard InChI is InChI=1S/C20H17Cl2NO4/c1-25-16-8-11(9-17(26-2)20(16)27-3)4-5-12-6-7-13-14(21)10-15(22)19(24)18(13)23-12/h4-10,24H,1-3H3/b5-4+. The van der Waals surface area contributed by atoms with Crippen LogP contribution in [0.5, 0.6) is 23.0 Å². The van der Waals surface area contributed by atoms with Crippen molar-refractivity contribution in [3.63, 3.8) is 0 Å². The van der Waals surface area contributed by atoms with Crippen LogP contribution in [-0.2, 0) is 0 Å². The Balaban J connectivity index is 2.02. The van der Waals surface area contributed by atoms with Crippen LogP contribution in [0.15, 0.2) is 30.3 Å². The summed E-state index contributed by atoms with van der Waals surface area (Å²) in [6.07, 6.45) is 3.65. The molecule has 0 amide bonds. The third-order valence-corrected chi connectivity index (χ3v) is 4.61. The highest BCUT2D eigenvalue weighted by molar-refractivity contribution is 6.39. The van der Waals surface area contributed by atoms with E-state index in [1.54, 1.807) is 39.5 Å². The smallest absolute Gasteiger partial charge is 0.203 e. The molecule has 140 valence electrons. The molecule has 2 aromatic carbocycles. The van der Waals surface area contributed by atoms with Crippen molar-refractivity contribution in [2.75, 3.05) is 21.3 Å². The Morgan fingerprint density at radius 1 is 0.889 bits per heavy atom. The van der Waals surface area contributed by atoms with Gasteiger partial charge in [0.25, 0.3) is 0 Å². The summed E-state index contributed by atoms with van der Waals surface area (Å²) in [6.45, 7) is 0. The number of ether oxygens (including phenoxy) is 3. The zero-order valence-electron chi connectivity index (χ0n) is 14.9. The molecule has 27 heavy (non-hydrogen) atoms. The van der Waals surface area contributed by atoms with E-state index in [1.165, 1.54) is 6.07 Å². The lowest BCUT2D eigenvalue weighted by molar-refractivity contribution is 0.324. The van der Waals surface area contributed by atoms with Crippen molar-refractivity contribution >= 4 is 46.3 Å². The largest absolute Gasteiger partial charge is 0.504 e. The fourth-order valence-corrected chi connectivity index (χ4v) is 3.21. The Morgan fingerprint density at radius 2 is 1.56 bits per heavy atom. The number of halogens is 2. The number of hydrogen-bond acceptors (Lipinski definition) is 5. The number of pyridine rings is 1. The van der Waals surface area contributed by atoms with Gasteiger partial charge in [0.1, 0.15) is 5.52 Å². The number of aromatic hydroxyl groups is 1. The molecule has 0 bridgehead atoms. The van der Waals surface area contributed by atoms with Crippen LogP contribution in [0.4, 0.5) is 0 Å². The normalized spacial score (nSPS) is 11.1. The summed E-state index contributed by atoms with van der Waals surface area (Å²) < 4.78 is 16.0. The Labute approximate surface area is 166 Å². The van der Waals surface area contributed by atoms with Crippen LogP contribution in [0.25, 0.3) is 23.1 Å². The van der Waals surface area contributed by atoms with Crippen LogP contribution in [0.1, 0.15) is 11.3 Å². The first-order valence-corrected chi connectivity index (χ1v) is 8.70. The van der Waals surface area contributed by atoms with Gasteiger partial charge >= 0.3 is 0 Å². The van der Waals surface area contributed by atoms with E-state index in [2.05, 4.69) is 4.98 Å². The molecule has 0 aliphatic carbocycles. The molecule has 3 rings (SSSR count). The molecular formula is C20H17Cl2NO4. The van der Waals surface area contributed by atoms with Crippen LogP contribution < -0.4 is 14.2 Å². The maximum Gasteiger partial charge on any atom is 0.203 e. The van der Waals surface area contributed by atoms with Gasteiger partial charge in [0, 0.05) is 5.39 Å². The highest BCUT2D eigenvalue weighted by Gasteiger charge is 2.13. The number of aromatic nitrogens is 1. The van der Waals surface area contributed by atoms with Crippen molar-refractivity contribution in [2.45, 2.75) is 0 Å².